The van der Waals surface area contributed by atoms with E-state index in [0.717, 1.165) is 19.4 Å². The molecule has 9 heteroatoms. The van der Waals surface area contributed by atoms with Gasteiger partial charge < -0.3 is 10.2 Å². The normalized spacial score (nSPS) is 19.8. The van der Waals surface area contributed by atoms with Crippen LogP contribution in [0.4, 0.5) is 5.82 Å². The first kappa shape index (κ1) is 15.6. The molecule has 20 heavy (non-hydrogen) atoms. The van der Waals surface area contributed by atoms with Gasteiger partial charge in [-0.2, -0.15) is 0 Å². The molecule has 4 N–H and O–H groups in total. The topological polar surface area (TPSA) is 106 Å². The number of hydrogen-bond acceptors (Lipinski definition) is 6. The minimum atomic E-state index is -3.67. The minimum absolute atomic E-state index is 0.0195. The third kappa shape index (κ3) is 3.89. The summed E-state index contributed by atoms with van der Waals surface area (Å²) in [7, 11) is -3.67. The van der Waals surface area contributed by atoms with Gasteiger partial charge in [0.25, 0.3) is 0 Å². The molecule has 112 valence electrons. The van der Waals surface area contributed by atoms with E-state index in [1.54, 1.807) is 0 Å². The third-order valence-corrected chi connectivity index (χ3v) is 4.93. The molecular formula is C11H17BrN4O3S. The number of pyridine rings is 1. The fraction of sp³-hybridized carbons (Fsp3) is 0.545. The van der Waals surface area contributed by atoms with Gasteiger partial charge in [0.2, 0.25) is 10.0 Å². The molecular weight excluding hydrogens is 348 g/mol. The highest BCUT2D eigenvalue weighted by Gasteiger charge is 2.22. The van der Waals surface area contributed by atoms with Crippen molar-refractivity contribution < 1.29 is 13.2 Å². The van der Waals surface area contributed by atoms with Crippen LogP contribution in [0, 0.1) is 5.92 Å². The number of halogens is 1. The van der Waals surface area contributed by atoms with E-state index in [1.807, 2.05) is 0 Å². The van der Waals surface area contributed by atoms with Crippen molar-refractivity contribution in [3.05, 3.63) is 16.7 Å². The summed E-state index contributed by atoms with van der Waals surface area (Å²) >= 11 is 3.20. The molecule has 2 heterocycles. The molecule has 1 aromatic heterocycles. The third-order valence-electron chi connectivity index (χ3n) is 3.06. The van der Waals surface area contributed by atoms with Crippen LogP contribution in [0.5, 0.6) is 0 Å². The molecule has 0 aromatic carbocycles. The molecule has 7 nitrogen and oxygen atoms in total. The molecule has 0 radical (unpaired) electrons. The van der Waals surface area contributed by atoms with Gasteiger partial charge in [-0.25, -0.2) is 24.0 Å². The molecule has 1 fully saturated rings. The summed E-state index contributed by atoms with van der Waals surface area (Å²) in [5.74, 6) is 5.61. The molecule has 0 aliphatic carbocycles. The average molecular weight is 365 g/mol. The monoisotopic (exact) mass is 364 g/mol. The molecule has 0 spiro atoms. The lowest BCUT2D eigenvalue weighted by molar-refractivity contribution is 0.0568. The average Bonchev–Trinajstić information content (AvgIpc) is 2.46. The number of nitrogens with two attached hydrogens (primary N) is 1. The standard InChI is InChI=1S/C11H17BrN4O3S/c12-9-4-10(11(16-13)14-6-9)20(17,18)15-5-8-2-1-3-19-7-8/h4,6,8,15H,1-3,5,7,13H2,(H,14,16). The second-order valence-corrected chi connectivity index (χ2v) is 7.23. The number of rotatable bonds is 5. The van der Waals surface area contributed by atoms with Gasteiger partial charge in [0.15, 0.2) is 5.82 Å². The van der Waals surface area contributed by atoms with Gasteiger partial charge >= 0.3 is 0 Å². The maximum Gasteiger partial charge on any atom is 0.244 e. The van der Waals surface area contributed by atoms with Gasteiger partial charge in [0.05, 0.1) is 6.61 Å². The summed E-state index contributed by atoms with van der Waals surface area (Å²) < 4.78 is 33.1. The molecule has 0 saturated carbocycles. The van der Waals surface area contributed by atoms with Crippen LogP contribution in [-0.4, -0.2) is 33.2 Å². The van der Waals surface area contributed by atoms with E-state index < -0.39 is 10.0 Å². The van der Waals surface area contributed by atoms with Crippen LogP contribution in [0.3, 0.4) is 0 Å². The Balaban J connectivity index is 2.11. The second-order valence-electron chi connectivity index (χ2n) is 4.58. The highest BCUT2D eigenvalue weighted by molar-refractivity contribution is 9.10. The van der Waals surface area contributed by atoms with Crippen molar-refractivity contribution in [2.75, 3.05) is 25.2 Å². The van der Waals surface area contributed by atoms with E-state index in [1.165, 1.54) is 12.3 Å². The van der Waals surface area contributed by atoms with Crippen molar-refractivity contribution in [2.24, 2.45) is 11.8 Å². The van der Waals surface area contributed by atoms with Gasteiger partial charge in [-0.3, -0.25) is 0 Å². The van der Waals surface area contributed by atoms with Crippen LogP contribution in [0.25, 0.3) is 0 Å². The molecule has 2 rings (SSSR count). The number of hydrazine groups is 1. The van der Waals surface area contributed by atoms with Crippen molar-refractivity contribution >= 4 is 31.8 Å². The number of anilines is 1. The molecule has 1 aromatic rings. The van der Waals surface area contributed by atoms with Gasteiger partial charge in [0, 0.05) is 23.8 Å². The van der Waals surface area contributed by atoms with Crippen molar-refractivity contribution in [3.63, 3.8) is 0 Å². The SMILES string of the molecule is NNc1ncc(Br)cc1S(=O)(=O)NCC1CCCOC1. The zero-order valence-electron chi connectivity index (χ0n) is 10.8. The summed E-state index contributed by atoms with van der Waals surface area (Å²) in [5.41, 5.74) is 2.29. The summed E-state index contributed by atoms with van der Waals surface area (Å²) in [6.07, 6.45) is 3.39. The molecule has 1 unspecified atom stereocenters. The Morgan fingerprint density at radius 3 is 3.00 bits per heavy atom. The number of nitrogen functional groups attached to an aromatic ring is 1. The molecule has 0 bridgehead atoms. The number of aromatic nitrogens is 1. The Morgan fingerprint density at radius 2 is 2.35 bits per heavy atom. The van der Waals surface area contributed by atoms with Crippen molar-refractivity contribution in [1.82, 2.24) is 9.71 Å². The van der Waals surface area contributed by atoms with Gasteiger partial charge in [-0.05, 0) is 40.8 Å². The second kappa shape index (κ2) is 6.81. The predicted molar refractivity (Wildman–Crippen MR) is 78.5 cm³/mol. The van der Waals surface area contributed by atoms with E-state index in [9.17, 15) is 8.42 Å². The van der Waals surface area contributed by atoms with Crippen LogP contribution in [0.15, 0.2) is 21.6 Å². The maximum absolute atomic E-state index is 12.3. The van der Waals surface area contributed by atoms with Crippen LogP contribution in [0.2, 0.25) is 0 Å². The van der Waals surface area contributed by atoms with Crippen molar-refractivity contribution in [1.29, 1.82) is 0 Å². The van der Waals surface area contributed by atoms with Crippen LogP contribution in [0.1, 0.15) is 12.8 Å². The molecule has 1 aliphatic heterocycles. The van der Waals surface area contributed by atoms with E-state index >= 15 is 0 Å². The number of sulfonamides is 1. The first-order valence-electron chi connectivity index (χ1n) is 6.22. The largest absolute Gasteiger partial charge is 0.381 e. The van der Waals surface area contributed by atoms with Gasteiger partial charge in [0.1, 0.15) is 4.90 Å². The number of ether oxygens (including phenoxy) is 1. The van der Waals surface area contributed by atoms with Crippen LogP contribution >= 0.6 is 15.9 Å². The number of hydrogen-bond donors (Lipinski definition) is 3. The van der Waals surface area contributed by atoms with E-state index in [-0.39, 0.29) is 16.6 Å². The quantitative estimate of drug-likeness (QED) is 0.527. The van der Waals surface area contributed by atoms with Gasteiger partial charge in [-0.1, -0.05) is 0 Å². The first-order valence-corrected chi connectivity index (χ1v) is 8.50. The predicted octanol–water partition coefficient (Wildman–Crippen LogP) is 0.835. The van der Waals surface area contributed by atoms with Crippen molar-refractivity contribution in [3.8, 4) is 0 Å². The highest BCUT2D eigenvalue weighted by Crippen LogP contribution is 2.22. The zero-order chi connectivity index (χ0) is 14.6. The Kier molecular flexibility index (Phi) is 5.33. The molecule has 1 atom stereocenters. The maximum atomic E-state index is 12.3. The minimum Gasteiger partial charge on any atom is -0.381 e. The number of nitrogens with zero attached hydrogens (tertiary/aromatic N) is 1. The fourth-order valence-corrected chi connectivity index (χ4v) is 3.75. The lowest BCUT2D eigenvalue weighted by Crippen LogP contribution is -2.33. The summed E-state index contributed by atoms with van der Waals surface area (Å²) in [6, 6.07) is 1.46. The van der Waals surface area contributed by atoms with Crippen LogP contribution in [-0.2, 0) is 14.8 Å². The molecule has 1 aliphatic rings. The Morgan fingerprint density at radius 1 is 1.55 bits per heavy atom. The smallest absolute Gasteiger partial charge is 0.244 e. The molecule has 1 saturated heterocycles. The summed E-state index contributed by atoms with van der Waals surface area (Å²) in [4.78, 5) is 3.95. The Labute approximate surface area is 126 Å². The first-order chi connectivity index (χ1) is 9.53. The number of nitrogens with one attached hydrogen (secondary N) is 2. The van der Waals surface area contributed by atoms with E-state index in [2.05, 4.69) is 31.1 Å². The lowest BCUT2D eigenvalue weighted by atomic mass is 10.0. The molecule has 0 amide bonds. The van der Waals surface area contributed by atoms with Crippen LogP contribution < -0.4 is 16.0 Å². The fourth-order valence-electron chi connectivity index (χ4n) is 2.01. The Hall–Kier alpha value is -0.740. The van der Waals surface area contributed by atoms with Crippen molar-refractivity contribution in [2.45, 2.75) is 17.7 Å². The summed E-state index contributed by atoms with van der Waals surface area (Å²) in [6.45, 7) is 1.68. The van der Waals surface area contributed by atoms with E-state index in [0.29, 0.717) is 17.6 Å². The summed E-state index contributed by atoms with van der Waals surface area (Å²) in [5, 5.41) is 0. The van der Waals surface area contributed by atoms with Gasteiger partial charge in [-0.15, -0.1) is 0 Å². The zero-order valence-corrected chi connectivity index (χ0v) is 13.2. The highest BCUT2D eigenvalue weighted by atomic mass is 79.9. The van der Waals surface area contributed by atoms with E-state index in [4.69, 9.17) is 10.6 Å². The Bertz CT molecular complexity index is 561. The lowest BCUT2D eigenvalue weighted by Gasteiger charge is -2.22.